The Labute approximate surface area is 154 Å². The fourth-order valence-corrected chi connectivity index (χ4v) is 1.48. The minimum atomic E-state index is -8.80. The second-order valence-electron chi connectivity index (χ2n) is 5.12. The van der Waals surface area contributed by atoms with E-state index >= 15 is 0 Å². The van der Waals surface area contributed by atoms with Gasteiger partial charge in [0.1, 0.15) is 0 Å². The molecule has 0 aromatic rings. The van der Waals surface area contributed by atoms with Crippen LogP contribution < -0.4 is 0 Å². The number of carbonyl (C=O) groups is 1. The minimum absolute atomic E-state index is 3.43. The van der Waals surface area contributed by atoms with Crippen molar-refractivity contribution < 1.29 is 88.4 Å². The largest absolute Gasteiger partial charge is 0.460 e. The SMILES string of the molecule is O=C(C(=C(F)F)N(F)F)C(F)(F)C(F)(F)C(F)(F)C(F)(F)C(F)(F)C(F)(F)C(F)(F)F. The summed E-state index contributed by atoms with van der Waals surface area (Å²) in [5.74, 6) is -55.8. The van der Waals surface area contributed by atoms with Gasteiger partial charge in [-0.3, -0.25) is 4.79 Å². The van der Waals surface area contributed by atoms with Gasteiger partial charge in [-0.05, 0) is 5.34 Å². The van der Waals surface area contributed by atoms with E-state index < -0.39 is 64.6 Å². The number of ketones is 1. The van der Waals surface area contributed by atoms with E-state index in [9.17, 15) is 88.4 Å². The number of allylic oxidation sites excluding steroid dienone is 1. The fraction of sp³-hybridized carbons (Fsp3) is 0.700. The zero-order valence-corrected chi connectivity index (χ0v) is 13.0. The molecule has 0 atom stereocenters. The van der Waals surface area contributed by atoms with Crippen molar-refractivity contribution in [3.63, 3.8) is 0 Å². The van der Waals surface area contributed by atoms with Gasteiger partial charge >= 0.3 is 47.8 Å². The molecule has 0 saturated heterocycles. The normalized spacial score (nSPS) is 15.1. The van der Waals surface area contributed by atoms with Crippen LogP contribution in [0, 0.1) is 0 Å². The molecule has 0 heterocycles. The zero-order valence-electron chi connectivity index (χ0n) is 13.0. The van der Waals surface area contributed by atoms with Crippen LogP contribution in [-0.4, -0.2) is 52.8 Å². The highest BCUT2D eigenvalue weighted by molar-refractivity contribution is 6.01. The van der Waals surface area contributed by atoms with Gasteiger partial charge in [0.15, 0.2) is 0 Å². The summed E-state index contributed by atoms with van der Waals surface area (Å²) in [6.45, 7) is 0. The molecule has 0 saturated carbocycles. The summed E-state index contributed by atoms with van der Waals surface area (Å²) in [6.07, 6.45) is -12.2. The molecular weight excluding hydrogens is 511 g/mol. The Morgan fingerprint density at radius 2 is 0.806 bits per heavy atom. The van der Waals surface area contributed by atoms with Gasteiger partial charge in [0.25, 0.3) is 5.78 Å². The highest BCUT2D eigenvalue weighted by Gasteiger charge is 2.94. The van der Waals surface area contributed by atoms with E-state index in [1.54, 1.807) is 0 Å². The van der Waals surface area contributed by atoms with Crippen LogP contribution in [0.5, 0.6) is 0 Å². The first-order valence-corrected chi connectivity index (χ1v) is 6.23. The summed E-state index contributed by atoms with van der Waals surface area (Å²) in [7, 11) is 0. The van der Waals surface area contributed by atoms with Crippen molar-refractivity contribution in [2.75, 3.05) is 0 Å². The van der Waals surface area contributed by atoms with Gasteiger partial charge in [-0.2, -0.15) is 74.6 Å². The minimum Gasteiger partial charge on any atom is -0.285 e. The first-order chi connectivity index (χ1) is 13.2. The lowest BCUT2D eigenvalue weighted by molar-refractivity contribution is -0.449. The summed E-state index contributed by atoms with van der Waals surface area (Å²) >= 11 is 0. The number of hydrogen-bond donors (Lipinski definition) is 0. The Morgan fingerprint density at radius 3 is 1.06 bits per heavy atom. The maximum Gasteiger partial charge on any atom is 0.460 e. The van der Waals surface area contributed by atoms with E-state index in [2.05, 4.69) is 0 Å². The fourth-order valence-electron chi connectivity index (χ4n) is 1.48. The lowest BCUT2D eigenvalue weighted by Gasteiger charge is -2.41. The van der Waals surface area contributed by atoms with E-state index in [0.717, 1.165) is 0 Å². The van der Waals surface area contributed by atoms with Crippen LogP contribution in [0.1, 0.15) is 0 Å². The van der Waals surface area contributed by atoms with Gasteiger partial charge in [-0.1, -0.05) is 8.96 Å². The molecule has 0 N–H and O–H groups in total. The average Bonchev–Trinajstić information content (AvgIpc) is 2.51. The van der Waals surface area contributed by atoms with Gasteiger partial charge in [-0.15, -0.1) is 0 Å². The molecule has 0 spiro atoms. The summed E-state index contributed by atoms with van der Waals surface area (Å²) in [4.78, 5) is 10.7. The van der Waals surface area contributed by atoms with E-state index in [4.69, 9.17) is 0 Å². The summed E-state index contributed by atoms with van der Waals surface area (Å²) in [6, 6.07) is 0. The predicted molar refractivity (Wildman–Crippen MR) is 54.0 cm³/mol. The molecule has 0 bridgehead atoms. The quantitative estimate of drug-likeness (QED) is 0.223. The highest BCUT2D eigenvalue weighted by Crippen LogP contribution is 2.62. The van der Waals surface area contributed by atoms with E-state index in [1.165, 1.54) is 0 Å². The lowest BCUT2D eigenvalue weighted by atomic mass is 9.89. The van der Waals surface area contributed by atoms with Crippen molar-refractivity contribution >= 4 is 5.78 Å². The topological polar surface area (TPSA) is 20.3 Å². The van der Waals surface area contributed by atoms with Crippen molar-refractivity contribution in [1.82, 2.24) is 5.34 Å². The van der Waals surface area contributed by atoms with Gasteiger partial charge in [0.05, 0.1) is 0 Å². The molecule has 0 amide bonds. The molecule has 0 radical (unpaired) electrons. The number of nitrogens with zero attached hydrogens (tertiary/aromatic N) is 1. The summed E-state index contributed by atoms with van der Waals surface area (Å²) in [5, 5.41) is -3.43. The number of hydrogen-bond acceptors (Lipinski definition) is 2. The van der Waals surface area contributed by atoms with Crippen LogP contribution >= 0.6 is 0 Å². The van der Waals surface area contributed by atoms with Crippen LogP contribution in [0.2, 0.25) is 0 Å². The zero-order chi connectivity index (χ0) is 25.8. The predicted octanol–water partition coefficient (Wildman–Crippen LogP) is 6.11. The van der Waals surface area contributed by atoms with Crippen molar-refractivity contribution in [3.8, 4) is 0 Å². The monoisotopic (exact) mass is 511 g/mol. The molecule has 0 fully saturated rings. The Bertz CT molecular complexity index is 726. The van der Waals surface area contributed by atoms with E-state index in [-0.39, 0.29) is 0 Å². The third-order valence-corrected chi connectivity index (χ3v) is 3.18. The van der Waals surface area contributed by atoms with Crippen LogP contribution in [0.15, 0.2) is 11.8 Å². The molecule has 0 aliphatic rings. The van der Waals surface area contributed by atoms with Gasteiger partial charge in [0.2, 0.25) is 5.70 Å². The van der Waals surface area contributed by atoms with Crippen LogP contribution in [-0.2, 0) is 4.79 Å². The third-order valence-electron chi connectivity index (χ3n) is 3.18. The molecule has 184 valence electrons. The average molecular weight is 511 g/mol. The number of carbonyl (C=O) groups excluding carboxylic acids is 1. The molecule has 0 aliphatic carbocycles. The molecule has 0 aromatic carbocycles. The molecule has 2 nitrogen and oxygen atoms in total. The molecule has 21 heteroatoms. The van der Waals surface area contributed by atoms with Crippen molar-refractivity contribution in [1.29, 1.82) is 0 Å². The van der Waals surface area contributed by atoms with E-state index in [0.29, 0.717) is 0 Å². The standard InChI is InChI=1S/C10F19NO/c11-3(12)1(30(28)29)2(31)4(13,14)5(15,16)6(17,18)7(19,20)8(21,22)9(23,24)10(25,26)27. The van der Waals surface area contributed by atoms with E-state index in [1.807, 2.05) is 0 Å². The number of alkyl halides is 15. The maximum atomic E-state index is 13.2. The van der Waals surface area contributed by atoms with Crippen molar-refractivity contribution in [2.45, 2.75) is 41.7 Å². The first-order valence-electron chi connectivity index (χ1n) is 6.23. The Kier molecular flexibility index (Phi) is 6.97. The van der Waals surface area contributed by atoms with Crippen molar-refractivity contribution in [2.24, 2.45) is 0 Å². The molecule has 0 rings (SSSR count). The van der Waals surface area contributed by atoms with Gasteiger partial charge in [0, 0.05) is 0 Å². The molecule has 0 aliphatic heterocycles. The second kappa shape index (κ2) is 7.48. The number of Topliss-reactive ketones (excluding diaryl/α,β-unsaturated/α-hetero) is 1. The molecule has 0 unspecified atom stereocenters. The number of halogens is 19. The van der Waals surface area contributed by atoms with Gasteiger partial charge < -0.3 is 0 Å². The first kappa shape index (κ1) is 28.9. The third kappa shape index (κ3) is 3.82. The Balaban J connectivity index is 6.84. The van der Waals surface area contributed by atoms with Crippen LogP contribution in [0.25, 0.3) is 0 Å². The van der Waals surface area contributed by atoms with Crippen LogP contribution in [0.3, 0.4) is 0 Å². The molecular formula is C10F19NO. The lowest BCUT2D eigenvalue weighted by Crippen LogP contribution is -2.73. The smallest absolute Gasteiger partial charge is 0.285 e. The van der Waals surface area contributed by atoms with Crippen molar-refractivity contribution in [3.05, 3.63) is 11.8 Å². The summed E-state index contributed by atoms with van der Waals surface area (Å²) < 4.78 is 240. The second-order valence-corrected chi connectivity index (χ2v) is 5.12. The highest BCUT2D eigenvalue weighted by atomic mass is 19.4. The summed E-state index contributed by atoms with van der Waals surface area (Å²) in [5.41, 5.74) is -4.16. The Hall–Kier alpha value is -2.12. The molecule has 31 heavy (non-hydrogen) atoms. The molecule has 0 aromatic heterocycles. The van der Waals surface area contributed by atoms with Crippen LogP contribution in [0.4, 0.5) is 83.6 Å². The Morgan fingerprint density at radius 1 is 0.516 bits per heavy atom. The number of rotatable bonds is 8. The van der Waals surface area contributed by atoms with Gasteiger partial charge in [-0.25, -0.2) is 0 Å². The maximum absolute atomic E-state index is 13.2.